The van der Waals surface area contributed by atoms with E-state index >= 15 is 0 Å². The SMILES string of the molecule is CCC(C)CNC(=O)N(CC(=O)O)C1CCS(=O)(=O)C1. The van der Waals surface area contributed by atoms with E-state index in [9.17, 15) is 18.0 Å². The van der Waals surface area contributed by atoms with E-state index in [1.807, 2.05) is 13.8 Å². The van der Waals surface area contributed by atoms with E-state index in [4.69, 9.17) is 5.11 Å². The van der Waals surface area contributed by atoms with E-state index in [2.05, 4.69) is 5.32 Å². The van der Waals surface area contributed by atoms with Crippen molar-refractivity contribution in [3.8, 4) is 0 Å². The minimum Gasteiger partial charge on any atom is -0.480 e. The molecule has 0 bridgehead atoms. The first-order valence-electron chi connectivity index (χ1n) is 6.72. The van der Waals surface area contributed by atoms with Crippen molar-refractivity contribution in [2.75, 3.05) is 24.6 Å². The normalized spacial score (nSPS) is 22.2. The molecule has 116 valence electrons. The molecule has 1 saturated heterocycles. The first-order chi connectivity index (χ1) is 9.25. The lowest BCUT2D eigenvalue weighted by Gasteiger charge is -2.27. The smallest absolute Gasteiger partial charge is 0.323 e. The third-order valence-electron chi connectivity index (χ3n) is 3.51. The number of urea groups is 1. The van der Waals surface area contributed by atoms with Gasteiger partial charge in [0.1, 0.15) is 6.54 Å². The molecule has 0 aromatic rings. The third-order valence-corrected chi connectivity index (χ3v) is 5.26. The molecule has 1 heterocycles. The van der Waals surface area contributed by atoms with E-state index in [0.29, 0.717) is 13.0 Å². The molecule has 2 unspecified atom stereocenters. The van der Waals surface area contributed by atoms with Crippen molar-refractivity contribution in [3.63, 3.8) is 0 Å². The number of sulfone groups is 1. The standard InChI is InChI=1S/C12H22N2O5S/c1-3-9(2)6-13-12(17)14(7-11(15)16)10-4-5-20(18,19)8-10/h9-10H,3-8H2,1-2H3,(H,13,17)(H,15,16). The van der Waals surface area contributed by atoms with E-state index in [1.54, 1.807) is 0 Å². The van der Waals surface area contributed by atoms with Crippen LogP contribution in [0.25, 0.3) is 0 Å². The molecule has 2 amide bonds. The van der Waals surface area contributed by atoms with Crippen LogP contribution in [0.5, 0.6) is 0 Å². The van der Waals surface area contributed by atoms with Crippen LogP contribution in [-0.4, -0.2) is 61.1 Å². The molecule has 1 aliphatic heterocycles. The van der Waals surface area contributed by atoms with Crippen LogP contribution < -0.4 is 5.32 Å². The van der Waals surface area contributed by atoms with Crippen LogP contribution in [0.3, 0.4) is 0 Å². The second-order valence-corrected chi connectivity index (χ2v) is 7.51. The molecule has 1 rings (SSSR count). The van der Waals surface area contributed by atoms with Gasteiger partial charge in [-0.1, -0.05) is 20.3 Å². The predicted octanol–water partition coefficient (Wildman–Crippen LogP) is 0.316. The van der Waals surface area contributed by atoms with Crippen molar-refractivity contribution in [2.24, 2.45) is 5.92 Å². The minimum absolute atomic E-state index is 0.00638. The summed E-state index contributed by atoms with van der Waals surface area (Å²) in [5.74, 6) is -1.00. The van der Waals surface area contributed by atoms with Gasteiger partial charge in [0.05, 0.1) is 11.5 Å². The van der Waals surface area contributed by atoms with Crippen LogP contribution in [0, 0.1) is 5.92 Å². The Morgan fingerprint density at radius 1 is 1.45 bits per heavy atom. The van der Waals surface area contributed by atoms with Gasteiger partial charge in [-0.2, -0.15) is 0 Å². The fraction of sp³-hybridized carbons (Fsp3) is 0.833. The first-order valence-corrected chi connectivity index (χ1v) is 8.54. The van der Waals surface area contributed by atoms with Crippen molar-refractivity contribution in [2.45, 2.75) is 32.7 Å². The summed E-state index contributed by atoms with van der Waals surface area (Å²) >= 11 is 0. The van der Waals surface area contributed by atoms with Gasteiger partial charge >= 0.3 is 12.0 Å². The fourth-order valence-electron chi connectivity index (χ4n) is 2.04. The number of rotatable bonds is 6. The number of carboxylic acids is 1. The minimum atomic E-state index is -3.16. The zero-order valence-electron chi connectivity index (χ0n) is 11.8. The molecular formula is C12H22N2O5S. The zero-order chi connectivity index (χ0) is 15.3. The summed E-state index contributed by atoms with van der Waals surface area (Å²) in [6, 6.07) is -1.05. The Kier molecular flexibility index (Phi) is 5.79. The van der Waals surface area contributed by atoms with E-state index in [0.717, 1.165) is 11.3 Å². The molecule has 8 heteroatoms. The second kappa shape index (κ2) is 6.92. The first kappa shape index (κ1) is 16.7. The Bertz CT molecular complexity index is 462. The monoisotopic (exact) mass is 306 g/mol. The maximum absolute atomic E-state index is 12.1. The predicted molar refractivity (Wildman–Crippen MR) is 74.3 cm³/mol. The quantitative estimate of drug-likeness (QED) is 0.735. The molecule has 2 N–H and O–H groups in total. The summed E-state index contributed by atoms with van der Waals surface area (Å²) < 4.78 is 22.9. The lowest BCUT2D eigenvalue weighted by molar-refractivity contribution is -0.138. The number of aliphatic carboxylic acids is 1. The number of carbonyl (C=O) groups is 2. The van der Waals surface area contributed by atoms with E-state index in [1.165, 1.54) is 0 Å². The number of amides is 2. The number of nitrogens with zero attached hydrogens (tertiary/aromatic N) is 1. The lowest BCUT2D eigenvalue weighted by Crippen LogP contribution is -2.49. The summed E-state index contributed by atoms with van der Waals surface area (Å²) in [7, 11) is -3.16. The maximum Gasteiger partial charge on any atom is 0.323 e. The largest absolute Gasteiger partial charge is 0.480 e. The molecule has 0 saturated carbocycles. The topological polar surface area (TPSA) is 104 Å². The summed E-state index contributed by atoms with van der Waals surface area (Å²) in [5.41, 5.74) is 0. The van der Waals surface area contributed by atoms with Gasteiger partial charge in [-0.25, -0.2) is 13.2 Å². The fourth-order valence-corrected chi connectivity index (χ4v) is 3.77. The Labute approximate surface area is 119 Å². The Morgan fingerprint density at radius 3 is 2.55 bits per heavy atom. The van der Waals surface area contributed by atoms with E-state index in [-0.39, 0.29) is 17.4 Å². The molecule has 0 spiro atoms. The molecule has 1 fully saturated rings. The van der Waals surface area contributed by atoms with Crippen LogP contribution in [0.15, 0.2) is 0 Å². The summed E-state index contributed by atoms with van der Waals surface area (Å²) in [6.45, 7) is 3.94. The van der Waals surface area contributed by atoms with Crippen molar-refractivity contribution in [1.29, 1.82) is 0 Å². The van der Waals surface area contributed by atoms with E-state index < -0.39 is 34.4 Å². The van der Waals surface area contributed by atoms with Crippen molar-refractivity contribution in [3.05, 3.63) is 0 Å². The Hall–Kier alpha value is -1.31. The van der Waals surface area contributed by atoms with Gasteiger partial charge in [0.15, 0.2) is 9.84 Å². The third kappa shape index (κ3) is 4.99. The molecule has 1 aliphatic rings. The summed E-state index contributed by atoms with van der Waals surface area (Å²) in [6.07, 6.45) is 1.20. The van der Waals surface area contributed by atoms with Crippen LogP contribution in [0.4, 0.5) is 4.79 Å². The number of carbonyl (C=O) groups excluding carboxylic acids is 1. The lowest BCUT2D eigenvalue weighted by atomic mass is 10.1. The van der Waals surface area contributed by atoms with Gasteiger partial charge < -0.3 is 15.3 Å². The highest BCUT2D eigenvalue weighted by atomic mass is 32.2. The molecule has 2 atom stereocenters. The van der Waals surface area contributed by atoms with Gasteiger partial charge in [-0.3, -0.25) is 4.79 Å². The van der Waals surface area contributed by atoms with Gasteiger partial charge in [0.25, 0.3) is 0 Å². The number of carboxylic acid groups (broad SMARTS) is 1. The highest BCUT2D eigenvalue weighted by Gasteiger charge is 2.35. The van der Waals surface area contributed by atoms with Crippen molar-refractivity contribution < 1.29 is 23.1 Å². The molecular weight excluding hydrogens is 284 g/mol. The Morgan fingerprint density at radius 2 is 2.10 bits per heavy atom. The van der Waals surface area contributed by atoms with Crippen LogP contribution in [0.1, 0.15) is 26.7 Å². The molecule has 0 radical (unpaired) electrons. The average molecular weight is 306 g/mol. The van der Waals surface area contributed by atoms with Gasteiger partial charge in [-0.05, 0) is 12.3 Å². The van der Waals surface area contributed by atoms with Crippen molar-refractivity contribution >= 4 is 21.8 Å². The van der Waals surface area contributed by atoms with Crippen LogP contribution in [-0.2, 0) is 14.6 Å². The molecule has 7 nitrogen and oxygen atoms in total. The highest BCUT2D eigenvalue weighted by Crippen LogP contribution is 2.17. The number of hydrogen-bond donors (Lipinski definition) is 2. The zero-order valence-corrected chi connectivity index (χ0v) is 12.6. The summed E-state index contributed by atoms with van der Waals surface area (Å²) in [5, 5.41) is 11.5. The molecule has 20 heavy (non-hydrogen) atoms. The number of hydrogen-bond acceptors (Lipinski definition) is 4. The molecule has 0 aromatic heterocycles. The van der Waals surface area contributed by atoms with Gasteiger partial charge in [0, 0.05) is 12.6 Å². The molecule has 0 aliphatic carbocycles. The average Bonchev–Trinajstić information content (AvgIpc) is 2.72. The van der Waals surface area contributed by atoms with Crippen molar-refractivity contribution in [1.82, 2.24) is 10.2 Å². The Balaban J connectivity index is 2.69. The number of nitrogens with one attached hydrogen (secondary N) is 1. The van der Waals surface area contributed by atoms with Crippen LogP contribution >= 0.6 is 0 Å². The highest BCUT2D eigenvalue weighted by molar-refractivity contribution is 7.91. The van der Waals surface area contributed by atoms with Crippen LogP contribution in [0.2, 0.25) is 0 Å². The maximum atomic E-state index is 12.1. The van der Waals surface area contributed by atoms with Gasteiger partial charge in [0.2, 0.25) is 0 Å². The van der Waals surface area contributed by atoms with Gasteiger partial charge in [-0.15, -0.1) is 0 Å². The summed E-state index contributed by atoms with van der Waals surface area (Å²) in [4.78, 5) is 24.0. The molecule has 0 aromatic carbocycles. The second-order valence-electron chi connectivity index (χ2n) is 5.28.